The maximum atomic E-state index is 3.25. The van der Waals surface area contributed by atoms with Crippen molar-refractivity contribution < 1.29 is 70.9 Å². The Morgan fingerprint density at radius 3 is 1.25 bits per heavy atom. The van der Waals surface area contributed by atoms with Crippen LogP contribution < -0.4 is 24.0 Å². The minimum atomic E-state index is 0. The summed E-state index contributed by atoms with van der Waals surface area (Å²) in [5.74, 6) is 0. The van der Waals surface area contributed by atoms with Crippen molar-refractivity contribution >= 4 is 0 Å². The summed E-state index contributed by atoms with van der Waals surface area (Å²) >= 11 is 0. The van der Waals surface area contributed by atoms with Gasteiger partial charge in [0.2, 0.25) is 0 Å². The molecule has 0 aliphatic carbocycles. The second-order valence-electron chi connectivity index (χ2n) is 0. The van der Waals surface area contributed by atoms with Crippen molar-refractivity contribution in [2.75, 3.05) is 0 Å². The van der Waals surface area contributed by atoms with E-state index in [2.05, 4.69) is 6.92 Å². The van der Waals surface area contributed by atoms with E-state index in [0.29, 0.717) is 0 Å². The minimum absolute atomic E-state index is 0. The van der Waals surface area contributed by atoms with Gasteiger partial charge >= 0.3 is 0 Å². The molecule has 2 heteroatoms. The van der Waals surface area contributed by atoms with Crippen molar-refractivity contribution in [1.82, 2.24) is 0 Å². The Balaban J connectivity index is -0.00000000500. The first kappa shape index (κ1) is 16.3. The molecule has 0 saturated carbocycles. The molecule has 0 aromatic rings. The molecule has 0 N–H and O–H groups in total. The average molecular weight is 329 g/mol. The van der Waals surface area contributed by atoms with Crippen LogP contribution in [0.2, 0.25) is 0 Å². The van der Waals surface area contributed by atoms with Gasteiger partial charge in [-0.3, -0.25) is 0 Å². The van der Waals surface area contributed by atoms with Gasteiger partial charge in [0.1, 0.15) is 0 Å². The van der Waals surface area contributed by atoms with E-state index in [1.165, 1.54) is 0 Å². The zero-order valence-electron chi connectivity index (χ0n) is 2.35. The van der Waals surface area contributed by atoms with E-state index < -0.39 is 0 Å². The van der Waals surface area contributed by atoms with Crippen LogP contribution in [0.25, 0.3) is 0 Å². The zero-order chi connectivity index (χ0) is 2.00. The maximum Gasteiger partial charge on any atom is 0 e. The molecule has 35 valence electrons. The van der Waals surface area contributed by atoms with Crippen molar-refractivity contribution in [1.29, 1.82) is 0 Å². The predicted molar refractivity (Wildman–Crippen MR) is 11.0 cm³/mol. The van der Waals surface area contributed by atoms with E-state index >= 15 is 0 Å². The van der Waals surface area contributed by atoms with Crippen molar-refractivity contribution in [2.45, 2.75) is 6.92 Å². The fraction of sp³-hybridized carbons (Fsp3) is 0.500. The summed E-state index contributed by atoms with van der Waals surface area (Å²) in [5.41, 5.74) is 0. The van der Waals surface area contributed by atoms with Crippen LogP contribution in [0, 0.1) is 53.8 Å². The molecule has 0 bridgehead atoms. The second kappa shape index (κ2) is 18.7. The quantitative estimate of drug-likeness (QED) is 0.445. The largest absolute Gasteiger partial charge is 1.00 e. The van der Waals surface area contributed by atoms with Crippen LogP contribution in [0.1, 0.15) is 6.92 Å². The molecule has 1 radical (unpaired) electrons. The van der Waals surface area contributed by atoms with E-state index in [0.717, 1.165) is 0 Å². The van der Waals surface area contributed by atoms with Crippen LogP contribution in [-0.2, 0) is 0 Å². The van der Waals surface area contributed by atoms with Crippen molar-refractivity contribution in [3.8, 4) is 0 Å². The Labute approximate surface area is 83.0 Å². The third-order valence-electron chi connectivity index (χ3n) is 0. The number of hydrogen-bond donors (Lipinski definition) is 0. The number of rotatable bonds is 0. The normalized spacial score (nSPS) is 1.50. The Bertz CT molecular complexity index is 6.00. The smallest absolute Gasteiger partial charge is 0 e. The van der Waals surface area contributed by atoms with Crippen LogP contribution in [-0.4, -0.2) is 0 Å². The molecule has 0 aromatic heterocycles. The zero-order valence-corrected chi connectivity index (χ0v) is 6.22. The third kappa shape index (κ3) is 8.87. The standard InChI is InChI=1S/C2H5.HI.Yb/c1-2;;/h1H2,2H3;1H;/p-1. The summed E-state index contributed by atoms with van der Waals surface area (Å²) in [6.45, 7) is 5.00. The molecule has 0 atom stereocenters. The van der Waals surface area contributed by atoms with Gasteiger partial charge in [0.15, 0.2) is 0 Å². The topological polar surface area (TPSA) is 0 Å². The molecule has 4 heavy (non-hydrogen) atoms. The molecule has 0 rings (SSSR count). The van der Waals surface area contributed by atoms with Crippen molar-refractivity contribution in [3.05, 3.63) is 6.92 Å². The Hall–Kier alpha value is 2.25. The summed E-state index contributed by atoms with van der Waals surface area (Å²) in [5, 5.41) is 0. The summed E-state index contributed by atoms with van der Waals surface area (Å²) < 4.78 is 0. The van der Waals surface area contributed by atoms with Gasteiger partial charge in [0.05, 0.1) is 0 Å². The van der Waals surface area contributed by atoms with Crippen LogP contribution in [0.4, 0.5) is 0 Å². The van der Waals surface area contributed by atoms with Gasteiger partial charge in [-0.25, -0.2) is 0 Å². The molecule has 0 unspecified atom stereocenters. The minimum Gasteiger partial charge on any atom is -1.00 e. The first-order valence-corrected chi connectivity index (χ1v) is 0.707. The molecule has 0 aliphatic heterocycles. The van der Waals surface area contributed by atoms with E-state index in [-0.39, 0.29) is 70.9 Å². The van der Waals surface area contributed by atoms with Gasteiger partial charge < -0.3 is 24.0 Å². The molecule has 0 aliphatic rings. The fourth-order valence-corrected chi connectivity index (χ4v) is 0. The number of halogens is 1. The molecule has 0 fully saturated rings. The molecule has 0 spiro atoms. The molecule has 0 heterocycles. The maximum absolute atomic E-state index is 3.25. The van der Waals surface area contributed by atoms with E-state index in [1.54, 1.807) is 6.92 Å². The van der Waals surface area contributed by atoms with Crippen LogP contribution >= 0.6 is 0 Å². The summed E-state index contributed by atoms with van der Waals surface area (Å²) in [6.07, 6.45) is 0. The summed E-state index contributed by atoms with van der Waals surface area (Å²) in [7, 11) is 0. The first-order chi connectivity index (χ1) is 1.00. The van der Waals surface area contributed by atoms with Crippen LogP contribution in [0.3, 0.4) is 0 Å². The van der Waals surface area contributed by atoms with Gasteiger partial charge in [0.25, 0.3) is 0 Å². The van der Waals surface area contributed by atoms with Gasteiger partial charge in [-0.05, 0) is 0 Å². The molecular formula is C2H5IYb-. The second-order valence-corrected chi connectivity index (χ2v) is 0. The fourth-order valence-electron chi connectivity index (χ4n) is 0. The Morgan fingerprint density at radius 1 is 1.25 bits per heavy atom. The first-order valence-electron chi connectivity index (χ1n) is 0.707. The molecule has 0 aromatic carbocycles. The predicted octanol–water partition coefficient (Wildman–Crippen LogP) is -2.16. The molecule has 0 amide bonds. The summed E-state index contributed by atoms with van der Waals surface area (Å²) in [4.78, 5) is 0. The van der Waals surface area contributed by atoms with Gasteiger partial charge in [-0.2, -0.15) is 0 Å². The molecule has 0 nitrogen and oxygen atoms in total. The molecular weight excluding hydrogens is 324 g/mol. The van der Waals surface area contributed by atoms with Gasteiger partial charge in [-0.15, -0.1) is 0 Å². The summed E-state index contributed by atoms with van der Waals surface area (Å²) in [6, 6.07) is 0. The number of hydrogen-bond acceptors (Lipinski definition) is 0. The van der Waals surface area contributed by atoms with Crippen molar-refractivity contribution in [3.63, 3.8) is 0 Å². The van der Waals surface area contributed by atoms with Gasteiger partial charge in [0, 0.05) is 46.9 Å². The van der Waals surface area contributed by atoms with E-state index in [9.17, 15) is 0 Å². The Kier molecular flexibility index (Phi) is 76.4. The third-order valence-corrected chi connectivity index (χ3v) is 0. The average Bonchev–Trinajstić information content (AvgIpc) is 1.00. The SMILES string of the molecule is [CH2]C.[I-].[Yb]. The van der Waals surface area contributed by atoms with E-state index in [1.807, 2.05) is 0 Å². The van der Waals surface area contributed by atoms with E-state index in [4.69, 9.17) is 0 Å². The Morgan fingerprint density at radius 2 is 1.25 bits per heavy atom. The van der Waals surface area contributed by atoms with Crippen LogP contribution in [0.15, 0.2) is 0 Å². The molecule has 0 saturated heterocycles. The monoisotopic (exact) mass is 330 g/mol. The van der Waals surface area contributed by atoms with Gasteiger partial charge in [-0.1, -0.05) is 13.8 Å². The van der Waals surface area contributed by atoms with Crippen LogP contribution in [0.5, 0.6) is 0 Å². The van der Waals surface area contributed by atoms with Crippen molar-refractivity contribution in [2.24, 2.45) is 0 Å².